The van der Waals surface area contributed by atoms with Gasteiger partial charge in [0.15, 0.2) is 5.96 Å². The van der Waals surface area contributed by atoms with Gasteiger partial charge in [0, 0.05) is 38.3 Å². The van der Waals surface area contributed by atoms with E-state index < -0.39 is 6.61 Å². The SMILES string of the molecule is CCNC(=NCc1ccc(CN2CCOCC2)cc1)NCc1cc(C)ccc1OC(F)F. The summed E-state index contributed by atoms with van der Waals surface area (Å²) in [4.78, 5) is 7.03. The second kappa shape index (κ2) is 12.4. The number of ether oxygens (including phenoxy) is 2. The number of alkyl halides is 2. The average Bonchev–Trinajstić information content (AvgIpc) is 2.78. The zero-order valence-electron chi connectivity index (χ0n) is 18.7. The summed E-state index contributed by atoms with van der Waals surface area (Å²) in [6.07, 6.45) is 0. The third-order valence-electron chi connectivity index (χ3n) is 5.18. The molecule has 1 aliphatic rings. The molecule has 0 aromatic heterocycles. The number of hydrogen-bond acceptors (Lipinski definition) is 4. The molecule has 0 saturated carbocycles. The van der Waals surface area contributed by atoms with Gasteiger partial charge in [-0.3, -0.25) is 4.90 Å². The average molecular weight is 447 g/mol. The Bertz CT molecular complexity index is 869. The van der Waals surface area contributed by atoms with Gasteiger partial charge in [0.25, 0.3) is 0 Å². The maximum absolute atomic E-state index is 12.7. The fourth-order valence-corrected chi connectivity index (χ4v) is 3.52. The molecular formula is C24H32F2N4O2. The van der Waals surface area contributed by atoms with Gasteiger partial charge in [0.1, 0.15) is 5.75 Å². The molecule has 2 aromatic rings. The largest absolute Gasteiger partial charge is 0.434 e. The first kappa shape index (κ1) is 23.9. The number of aliphatic imine (C=N–C) groups is 1. The van der Waals surface area contributed by atoms with Crippen molar-refractivity contribution in [3.63, 3.8) is 0 Å². The van der Waals surface area contributed by atoms with E-state index in [2.05, 4.69) is 49.5 Å². The minimum Gasteiger partial charge on any atom is -0.434 e. The van der Waals surface area contributed by atoms with E-state index in [0.717, 1.165) is 44.0 Å². The Kier molecular flexibility index (Phi) is 9.25. The molecule has 0 aliphatic carbocycles. The third-order valence-corrected chi connectivity index (χ3v) is 5.18. The van der Waals surface area contributed by atoms with E-state index in [-0.39, 0.29) is 5.75 Å². The van der Waals surface area contributed by atoms with Crippen LogP contribution < -0.4 is 15.4 Å². The highest BCUT2D eigenvalue weighted by molar-refractivity contribution is 5.79. The van der Waals surface area contributed by atoms with Crippen molar-refractivity contribution in [3.05, 3.63) is 64.7 Å². The fourth-order valence-electron chi connectivity index (χ4n) is 3.52. The lowest BCUT2D eigenvalue weighted by molar-refractivity contribution is -0.0504. The van der Waals surface area contributed by atoms with E-state index >= 15 is 0 Å². The molecule has 1 fully saturated rings. The third kappa shape index (κ3) is 7.76. The molecule has 2 aromatic carbocycles. The molecule has 0 spiro atoms. The maximum Gasteiger partial charge on any atom is 0.387 e. The fraction of sp³-hybridized carbons (Fsp3) is 0.458. The van der Waals surface area contributed by atoms with Gasteiger partial charge in [0.05, 0.1) is 19.8 Å². The molecule has 0 atom stereocenters. The highest BCUT2D eigenvalue weighted by Gasteiger charge is 2.12. The predicted molar refractivity (Wildman–Crippen MR) is 122 cm³/mol. The van der Waals surface area contributed by atoms with Crippen LogP contribution in [0.4, 0.5) is 8.78 Å². The summed E-state index contributed by atoms with van der Waals surface area (Å²) in [7, 11) is 0. The number of benzene rings is 2. The van der Waals surface area contributed by atoms with Gasteiger partial charge < -0.3 is 20.1 Å². The van der Waals surface area contributed by atoms with Gasteiger partial charge in [-0.15, -0.1) is 0 Å². The van der Waals surface area contributed by atoms with Gasteiger partial charge in [-0.05, 0) is 31.0 Å². The number of rotatable bonds is 9. The van der Waals surface area contributed by atoms with E-state index in [0.29, 0.717) is 31.2 Å². The summed E-state index contributed by atoms with van der Waals surface area (Å²) in [6, 6.07) is 13.6. The molecule has 174 valence electrons. The van der Waals surface area contributed by atoms with Gasteiger partial charge in [-0.25, -0.2) is 4.99 Å². The van der Waals surface area contributed by atoms with Crippen molar-refractivity contribution in [1.82, 2.24) is 15.5 Å². The minimum absolute atomic E-state index is 0.171. The molecule has 1 aliphatic heterocycles. The van der Waals surface area contributed by atoms with E-state index in [1.165, 1.54) is 5.56 Å². The molecule has 1 heterocycles. The summed E-state index contributed by atoms with van der Waals surface area (Å²) in [5.74, 6) is 0.791. The molecule has 0 bridgehead atoms. The van der Waals surface area contributed by atoms with Crippen LogP contribution in [0, 0.1) is 6.92 Å². The van der Waals surface area contributed by atoms with Crippen molar-refractivity contribution in [2.24, 2.45) is 4.99 Å². The van der Waals surface area contributed by atoms with Gasteiger partial charge in [-0.2, -0.15) is 8.78 Å². The van der Waals surface area contributed by atoms with E-state index in [1.807, 2.05) is 19.9 Å². The molecule has 6 nitrogen and oxygen atoms in total. The lowest BCUT2D eigenvalue weighted by Crippen LogP contribution is -2.37. The van der Waals surface area contributed by atoms with Crippen molar-refractivity contribution in [3.8, 4) is 5.75 Å². The summed E-state index contributed by atoms with van der Waals surface area (Å²) in [5, 5.41) is 6.40. The zero-order chi connectivity index (χ0) is 22.8. The quantitative estimate of drug-likeness (QED) is 0.455. The maximum atomic E-state index is 12.7. The van der Waals surface area contributed by atoms with Crippen molar-refractivity contribution in [1.29, 1.82) is 0 Å². The Morgan fingerprint density at radius 1 is 1.09 bits per heavy atom. The number of nitrogens with one attached hydrogen (secondary N) is 2. The first-order chi connectivity index (χ1) is 15.5. The number of aryl methyl sites for hydroxylation is 1. The first-order valence-electron chi connectivity index (χ1n) is 11.0. The monoisotopic (exact) mass is 446 g/mol. The molecule has 0 unspecified atom stereocenters. The van der Waals surface area contributed by atoms with Gasteiger partial charge in [-0.1, -0.05) is 42.0 Å². The highest BCUT2D eigenvalue weighted by Crippen LogP contribution is 2.22. The van der Waals surface area contributed by atoms with Gasteiger partial charge >= 0.3 is 6.61 Å². The molecule has 0 amide bonds. The Morgan fingerprint density at radius 2 is 1.81 bits per heavy atom. The molecule has 1 saturated heterocycles. The van der Waals surface area contributed by atoms with Crippen LogP contribution in [0.1, 0.15) is 29.2 Å². The zero-order valence-corrected chi connectivity index (χ0v) is 18.7. The van der Waals surface area contributed by atoms with E-state index in [1.54, 1.807) is 12.1 Å². The van der Waals surface area contributed by atoms with E-state index in [4.69, 9.17) is 4.74 Å². The second-order valence-corrected chi connectivity index (χ2v) is 7.74. The van der Waals surface area contributed by atoms with Crippen molar-refractivity contribution >= 4 is 5.96 Å². The Morgan fingerprint density at radius 3 is 2.50 bits per heavy atom. The van der Waals surface area contributed by atoms with Crippen LogP contribution in [0.2, 0.25) is 0 Å². The van der Waals surface area contributed by atoms with Crippen LogP contribution >= 0.6 is 0 Å². The summed E-state index contributed by atoms with van der Waals surface area (Å²) < 4.78 is 35.4. The Labute approximate surface area is 188 Å². The van der Waals surface area contributed by atoms with Crippen molar-refractivity contribution < 1.29 is 18.3 Å². The first-order valence-corrected chi connectivity index (χ1v) is 11.0. The van der Waals surface area contributed by atoms with E-state index in [9.17, 15) is 8.78 Å². The molecular weight excluding hydrogens is 414 g/mol. The number of hydrogen-bond donors (Lipinski definition) is 2. The Balaban J connectivity index is 1.58. The number of morpholine rings is 1. The van der Waals surface area contributed by atoms with Crippen LogP contribution in [-0.4, -0.2) is 50.3 Å². The summed E-state index contributed by atoms with van der Waals surface area (Å²) >= 11 is 0. The van der Waals surface area contributed by atoms with Crippen molar-refractivity contribution in [2.45, 2.75) is 40.1 Å². The van der Waals surface area contributed by atoms with Gasteiger partial charge in [0.2, 0.25) is 0 Å². The number of nitrogens with zero attached hydrogens (tertiary/aromatic N) is 2. The normalized spacial score (nSPS) is 15.1. The van der Waals surface area contributed by atoms with Crippen LogP contribution in [0.15, 0.2) is 47.5 Å². The smallest absolute Gasteiger partial charge is 0.387 e. The van der Waals surface area contributed by atoms with Crippen LogP contribution in [0.25, 0.3) is 0 Å². The molecule has 0 radical (unpaired) electrons. The predicted octanol–water partition coefficient (Wildman–Crippen LogP) is 3.68. The summed E-state index contributed by atoms with van der Waals surface area (Å²) in [5.41, 5.74) is 4.01. The number of halogens is 2. The molecule has 2 N–H and O–H groups in total. The topological polar surface area (TPSA) is 58.1 Å². The summed E-state index contributed by atoms with van der Waals surface area (Å²) in [6.45, 7) is 7.03. The van der Waals surface area contributed by atoms with Crippen LogP contribution in [0.3, 0.4) is 0 Å². The number of guanidine groups is 1. The van der Waals surface area contributed by atoms with Crippen LogP contribution in [-0.2, 0) is 24.4 Å². The molecule has 8 heteroatoms. The lowest BCUT2D eigenvalue weighted by atomic mass is 10.1. The highest BCUT2D eigenvalue weighted by atomic mass is 19.3. The molecule has 3 rings (SSSR count). The molecule has 32 heavy (non-hydrogen) atoms. The Hall–Kier alpha value is -2.71. The lowest BCUT2D eigenvalue weighted by Gasteiger charge is -2.26. The minimum atomic E-state index is -2.86. The van der Waals surface area contributed by atoms with Crippen molar-refractivity contribution in [2.75, 3.05) is 32.8 Å². The standard InChI is InChI=1S/C24H32F2N4O2/c1-3-27-24(29-16-21-14-18(2)4-9-22(21)32-23(25)26)28-15-19-5-7-20(8-6-19)17-30-10-12-31-13-11-30/h4-9,14,23H,3,10-13,15-17H2,1-2H3,(H2,27,28,29). The second-order valence-electron chi connectivity index (χ2n) is 7.74. The van der Waals surface area contributed by atoms with Crippen LogP contribution in [0.5, 0.6) is 5.75 Å².